The molecule has 0 unspecified atom stereocenters. The Balaban J connectivity index is 1.92. The zero-order valence-electron chi connectivity index (χ0n) is 11.4. The summed E-state index contributed by atoms with van der Waals surface area (Å²) in [6.45, 7) is 1.15. The van der Waals surface area contributed by atoms with Crippen molar-refractivity contribution in [3.63, 3.8) is 0 Å². The van der Waals surface area contributed by atoms with Gasteiger partial charge in [-0.2, -0.15) is 0 Å². The van der Waals surface area contributed by atoms with Crippen molar-refractivity contribution in [2.24, 2.45) is 5.73 Å². The molecule has 0 aromatic carbocycles. The zero-order valence-corrected chi connectivity index (χ0v) is 13.0. The molecule has 1 saturated heterocycles. The molecule has 4 N–H and O–H groups in total. The number of nitrogens with one attached hydrogen (secondary N) is 2. The number of rotatable bonds is 3. The van der Waals surface area contributed by atoms with Gasteiger partial charge in [0.05, 0.1) is 10.9 Å². The summed E-state index contributed by atoms with van der Waals surface area (Å²) in [5.41, 5.74) is 5.50. The lowest BCUT2D eigenvalue weighted by Crippen LogP contribution is -2.48. The number of piperidine rings is 1. The van der Waals surface area contributed by atoms with Gasteiger partial charge < -0.3 is 20.9 Å². The van der Waals surface area contributed by atoms with E-state index in [4.69, 9.17) is 5.73 Å². The van der Waals surface area contributed by atoms with E-state index in [1.54, 1.807) is 11.0 Å². The van der Waals surface area contributed by atoms with Crippen LogP contribution in [0.2, 0.25) is 0 Å². The third kappa shape index (κ3) is 4.07. The molecular weight excluding hydrogens is 340 g/mol. The molecule has 114 valence electrons. The topological polar surface area (TPSA) is 108 Å². The number of primary amides is 1. The second kappa shape index (κ2) is 6.75. The van der Waals surface area contributed by atoms with Crippen LogP contribution in [0.3, 0.4) is 0 Å². The third-order valence-corrected chi connectivity index (χ3v) is 4.39. The molecule has 0 atom stereocenters. The standard InChI is InChI=1S/C13H17BrN4O3/c14-11-8(1-4-16-12(11)20)7-10(19)18-5-2-9(3-6-18)17-13(15)21/h1,4,9H,2-3,5-7H2,(H,16,20)(H3,15,17,21). The minimum absolute atomic E-state index is 0.0258. The highest BCUT2D eigenvalue weighted by atomic mass is 79.9. The van der Waals surface area contributed by atoms with Gasteiger partial charge in [-0.05, 0) is 40.4 Å². The normalized spacial score (nSPS) is 15.8. The summed E-state index contributed by atoms with van der Waals surface area (Å²) in [7, 11) is 0. The van der Waals surface area contributed by atoms with Crippen LogP contribution in [-0.2, 0) is 11.2 Å². The van der Waals surface area contributed by atoms with Crippen LogP contribution >= 0.6 is 15.9 Å². The number of hydrogen-bond acceptors (Lipinski definition) is 3. The average molecular weight is 357 g/mol. The van der Waals surface area contributed by atoms with Gasteiger partial charge in [0.2, 0.25) is 5.91 Å². The maximum absolute atomic E-state index is 12.2. The van der Waals surface area contributed by atoms with Crippen LogP contribution in [0, 0.1) is 0 Å². The van der Waals surface area contributed by atoms with Crippen LogP contribution in [0.5, 0.6) is 0 Å². The number of aromatic nitrogens is 1. The lowest BCUT2D eigenvalue weighted by atomic mass is 10.0. The van der Waals surface area contributed by atoms with E-state index in [1.165, 1.54) is 6.20 Å². The van der Waals surface area contributed by atoms with Gasteiger partial charge in [0.25, 0.3) is 5.56 Å². The summed E-state index contributed by atoms with van der Waals surface area (Å²) in [6.07, 6.45) is 3.08. The summed E-state index contributed by atoms with van der Waals surface area (Å²) in [4.78, 5) is 38.8. The van der Waals surface area contributed by atoms with Gasteiger partial charge in [0.15, 0.2) is 0 Å². The van der Waals surface area contributed by atoms with Crippen LogP contribution in [0.4, 0.5) is 4.79 Å². The molecule has 1 fully saturated rings. The summed E-state index contributed by atoms with van der Waals surface area (Å²) >= 11 is 3.19. The van der Waals surface area contributed by atoms with Gasteiger partial charge in [-0.25, -0.2) is 4.79 Å². The number of hydrogen-bond donors (Lipinski definition) is 3. The predicted molar refractivity (Wildman–Crippen MR) is 80.8 cm³/mol. The summed E-state index contributed by atoms with van der Waals surface area (Å²) < 4.78 is 0.392. The Morgan fingerprint density at radius 2 is 2.10 bits per heavy atom. The smallest absolute Gasteiger partial charge is 0.312 e. The molecule has 1 aromatic rings. The molecule has 3 amide bonds. The molecule has 0 spiro atoms. The van der Waals surface area contributed by atoms with Crippen molar-refractivity contribution < 1.29 is 9.59 Å². The van der Waals surface area contributed by atoms with E-state index in [0.717, 1.165) is 0 Å². The fourth-order valence-corrected chi connectivity index (χ4v) is 2.77. The number of amides is 3. The molecule has 2 heterocycles. The first-order valence-corrected chi connectivity index (χ1v) is 7.46. The van der Waals surface area contributed by atoms with Crippen molar-refractivity contribution in [1.82, 2.24) is 15.2 Å². The molecule has 8 heteroatoms. The number of pyridine rings is 1. The van der Waals surface area contributed by atoms with Crippen molar-refractivity contribution in [2.75, 3.05) is 13.1 Å². The predicted octanol–water partition coefficient (Wildman–Crippen LogP) is 0.339. The highest BCUT2D eigenvalue weighted by Crippen LogP contribution is 2.15. The summed E-state index contributed by atoms with van der Waals surface area (Å²) in [5.74, 6) is -0.0289. The number of halogens is 1. The van der Waals surface area contributed by atoms with Gasteiger partial charge in [-0.15, -0.1) is 0 Å². The molecule has 2 rings (SSSR count). The SMILES string of the molecule is NC(=O)NC1CCN(C(=O)Cc2cc[nH]c(=O)c2Br)CC1. The number of nitrogens with two attached hydrogens (primary N) is 1. The molecule has 1 aliphatic heterocycles. The van der Waals surface area contributed by atoms with Crippen LogP contribution in [-0.4, -0.2) is 41.0 Å². The Bertz CT molecular complexity index is 593. The average Bonchev–Trinajstić information content (AvgIpc) is 2.44. The quantitative estimate of drug-likeness (QED) is 0.726. The Morgan fingerprint density at radius 1 is 1.43 bits per heavy atom. The fraction of sp³-hybridized carbons (Fsp3) is 0.462. The van der Waals surface area contributed by atoms with Crippen LogP contribution < -0.4 is 16.6 Å². The van der Waals surface area contributed by atoms with Crippen molar-refractivity contribution >= 4 is 27.9 Å². The Morgan fingerprint density at radius 3 is 2.71 bits per heavy atom. The number of likely N-dealkylation sites (tertiary alicyclic amines) is 1. The Kier molecular flexibility index (Phi) is 5.00. The number of urea groups is 1. The number of nitrogens with zero attached hydrogens (tertiary/aromatic N) is 1. The van der Waals surface area contributed by atoms with E-state index in [2.05, 4.69) is 26.2 Å². The van der Waals surface area contributed by atoms with Gasteiger partial charge in [-0.3, -0.25) is 9.59 Å². The van der Waals surface area contributed by atoms with Crippen molar-refractivity contribution in [1.29, 1.82) is 0 Å². The van der Waals surface area contributed by atoms with Crippen LogP contribution in [0.25, 0.3) is 0 Å². The summed E-state index contributed by atoms with van der Waals surface area (Å²) in [5, 5.41) is 2.66. The molecule has 0 radical (unpaired) electrons. The first-order valence-electron chi connectivity index (χ1n) is 6.67. The number of aromatic amines is 1. The van der Waals surface area contributed by atoms with E-state index in [0.29, 0.717) is 36.0 Å². The Labute approximate surface area is 130 Å². The lowest BCUT2D eigenvalue weighted by Gasteiger charge is -2.32. The maximum atomic E-state index is 12.2. The number of carbonyl (C=O) groups excluding carboxylic acids is 2. The van der Waals surface area contributed by atoms with E-state index in [-0.39, 0.29) is 23.9 Å². The van der Waals surface area contributed by atoms with E-state index < -0.39 is 6.03 Å². The van der Waals surface area contributed by atoms with Gasteiger partial charge in [0.1, 0.15) is 0 Å². The monoisotopic (exact) mass is 356 g/mol. The molecule has 0 saturated carbocycles. The molecule has 0 bridgehead atoms. The van der Waals surface area contributed by atoms with Gasteiger partial charge in [0, 0.05) is 25.3 Å². The second-order valence-electron chi connectivity index (χ2n) is 4.99. The lowest BCUT2D eigenvalue weighted by molar-refractivity contribution is -0.131. The summed E-state index contributed by atoms with van der Waals surface area (Å²) in [6, 6.07) is 1.20. The van der Waals surface area contributed by atoms with Crippen molar-refractivity contribution in [2.45, 2.75) is 25.3 Å². The molecule has 0 aliphatic carbocycles. The van der Waals surface area contributed by atoms with Gasteiger partial charge in [-0.1, -0.05) is 0 Å². The molecule has 21 heavy (non-hydrogen) atoms. The first-order chi connectivity index (χ1) is 9.97. The van der Waals surface area contributed by atoms with Crippen LogP contribution in [0.15, 0.2) is 21.5 Å². The van der Waals surface area contributed by atoms with E-state index in [1.807, 2.05) is 0 Å². The van der Waals surface area contributed by atoms with E-state index >= 15 is 0 Å². The largest absolute Gasteiger partial charge is 0.352 e. The molecule has 1 aliphatic rings. The second-order valence-corrected chi connectivity index (χ2v) is 5.78. The first kappa shape index (κ1) is 15.6. The fourth-order valence-electron chi connectivity index (χ4n) is 2.39. The molecular formula is C13H17BrN4O3. The molecule has 1 aromatic heterocycles. The van der Waals surface area contributed by atoms with E-state index in [9.17, 15) is 14.4 Å². The highest BCUT2D eigenvalue weighted by molar-refractivity contribution is 9.10. The number of H-pyrrole nitrogens is 1. The van der Waals surface area contributed by atoms with Gasteiger partial charge >= 0.3 is 6.03 Å². The maximum Gasteiger partial charge on any atom is 0.312 e. The van der Waals surface area contributed by atoms with Crippen LogP contribution in [0.1, 0.15) is 18.4 Å². The highest BCUT2D eigenvalue weighted by Gasteiger charge is 2.23. The van der Waals surface area contributed by atoms with Crippen molar-refractivity contribution in [3.8, 4) is 0 Å². The third-order valence-electron chi connectivity index (χ3n) is 3.52. The minimum atomic E-state index is -0.535. The number of carbonyl (C=O) groups is 2. The minimum Gasteiger partial charge on any atom is -0.352 e. The van der Waals surface area contributed by atoms with Crippen molar-refractivity contribution in [3.05, 3.63) is 32.7 Å². The Hall–Kier alpha value is -1.83. The zero-order chi connectivity index (χ0) is 15.4. The molecule has 7 nitrogen and oxygen atoms in total.